The molecule has 5 aromatic rings. The highest BCUT2D eigenvalue weighted by Crippen LogP contribution is 2.40. The molecule has 0 aromatic carbocycles. The maximum atomic E-state index is 11.6. The van der Waals surface area contributed by atoms with Crippen molar-refractivity contribution in [2.75, 3.05) is 18.8 Å². The zero-order chi connectivity index (χ0) is 27.9. The van der Waals surface area contributed by atoms with Crippen molar-refractivity contribution in [1.29, 1.82) is 0 Å². The van der Waals surface area contributed by atoms with Crippen molar-refractivity contribution in [1.82, 2.24) is 29.9 Å². The van der Waals surface area contributed by atoms with E-state index in [0.29, 0.717) is 17.2 Å². The lowest BCUT2D eigenvalue weighted by molar-refractivity contribution is -0.130. The fraction of sp³-hybridized carbons (Fsp3) is 0.240. The fourth-order valence-corrected chi connectivity index (χ4v) is 5.40. The van der Waals surface area contributed by atoms with Gasteiger partial charge in [-0.15, -0.1) is 11.3 Å². The number of nitrogens with two attached hydrogens (primary N) is 1. The van der Waals surface area contributed by atoms with Gasteiger partial charge >= 0.3 is 0 Å². The molecule has 1 fully saturated rings. The molecular weight excluding hydrogens is 526 g/mol. The Morgan fingerprint density at radius 3 is 2.46 bits per heavy atom. The van der Waals surface area contributed by atoms with E-state index >= 15 is 0 Å². The van der Waals surface area contributed by atoms with Crippen LogP contribution < -0.4 is 5.73 Å². The summed E-state index contributed by atoms with van der Waals surface area (Å²) in [4.78, 5) is 34.6. The van der Waals surface area contributed by atoms with Gasteiger partial charge < -0.3 is 25.3 Å². The number of likely N-dealkylation sites (tertiary alicyclic amines) is 1. The molecule has 14 heteroatoms. The zero-order valence-electron chi connectivity index (χ0n) is 20.8. The van der Waals surface area contributed by atoms with Gasteiger partial charge in [-0.3, -0.25) is 19.1 Å². The van der Waals surface area contributed by atoms with Crippen molar-refractivity contribution in [3.05, 3.63) is 42.4 Å². The van der Waals surface area contributed by atoms with Gasteiger partial charge in [-0.05, 0) is 18.9 Å². The van der Waals surface area contributed by atoms with Crippen molar-refractivity contribution in [2.45, 2.75) is 25.8 Å². The Morgan fingerprint density at radius 1 is 1.08 bits per heavy atom. The highest BCUT2D eigenvalue weighted by atomic mass is 32.1. The van der Waals surface area contributed by atoms with Crippen LogP contribution in [-0.2, 0) is 14.4 Å². The molecule has 0 radical (unpaired) electrons. The van der Waals surface area contributed by atoms with Crippen LogP contribution in [0.2, 0.25) is 0 Å². The summed E-state index contributed by atoms with van der Waals surface area (Å²) in [6.45, 7) is 2.64. The number of anilines is 1. The third kappa shape index (κ3) is 5.70. The summed E-state index contributed by atoms with van der Waals surface area (Å²) < 4.78 is 9.22. The average Bonchev–Trinajstić information content (AvgIpc) is 3.68. The Bertz CT molecular complexity index is 1600. The topological polar surface area (TPSA) is 191 Å². The van der Waals surface area contributed by atoms with Crippen LogP contribution in [0.25, 0.3) is 43.5 Å². The maximum Gasteiger partial charge on any atom is 0.290 e. The predicted molar refractivity (Wildman–Crippen MR) is 144 cm³/mol. The van der Waals surface area contributed by atoms with E-state index in [0.717, 1.165) is 58.1 Å². The molecule has 202 valence electrons. The second-order valence-corrected chi connectivity index (χ2v) is 9.40. The van der Waals surface area contributed by atoms with Crippen molar-refractivity contribution in [3.8, 4) is 22.5 Å². The van der Waals surface area contributed by atoms with Crippen LogP contribution in [0.5, 0.6) is 0 Å². The molecule has 39 heavy (non-hydrogen) atoms. The lowest BCUT2D eigenvalue weighted by atomic mass is 10.0. The largest absolute Gasteiger partial charge is 0.483 e. The number of hydrogen-bond donors (Lipinski definition) is 3. The van der Waals surface area contributed by atoms with E-state index < -0.39 is 0 Å². The van der Waals surface area contributed by atoms with Gasteiger partial charge in [0.1, 0.15) is 5.76 Å². The number of amides is 1. The number of carboxylic acid groups (broad SMARTS) is 2. The summed E-state index contributed by atoms with van der Waals surface area (Å²) in [6, 6.07) is 2.28. The first-order chi connectivity index (χ1) is 18.9. The number of rotatable bonds is 3. The first-order valence-electron chi connectivity index (χ1n) is 11.7. The van der Waals surface area contributed by atoms with Crippen LogP contribution in [0.4, 0.5) is 5.82 Å². The first-order valence-corrected chi connectivity index (χ1v) is 12.6. The van der Waals surface area contributed by atoms with Crippen molar-refractivity contribution in [3.63, 3.8) is 0 Å². The first kappa shape index (κ1) is 27.2. The predicted octanol–water partition coefficient (Wildman–Crippen LogP) is 3.53. The summed E-state index contributed by atoms with van der Waals surface area (Å²) in [5.41, 5.74) is 9.55. The molecule has 5 aromatic heterocycles. The third-order valence-electron chi connectivity index (χ3n) is 6.34. The Balaban J connectivity index is 0.000000541. The Kier molecular flexibility index (Phi) is 8.46. The van der Waals surface area contributed by atoms with E-state index in [1.54, 1.807) is 36.9 Å². The molecular formula is C25H25N7O6S. The Morgan fingerprint density at radius 2 is 1.77 bits per heavy atom. The number of thiophene rings is 1. The number of hydrogen-bond acceptors (Lipinski definition) is 10. The van der Waals surface area contributed by atoms with Crippen LogP contribution in [0, 0.1) is 0 Å². The van der Waals surface area contributed by atoms with Gasteiger partial charge in [-0.1, -0.05) is 0 Å². The van der Waals surface area contributed by atoms with E-state index in [2.05, 4.69) is 20.3 Å². The van der Waals surface area contributed by atoms with Gasteiger partial charge in [0, 0.05) is 65.2 Å². The third-order valence-corrected chi connectivity index (χ3v) is 7.27. The molecule has 0 atom stereocenters. The van der Waals surface area contributed by atoms with E-state index in [4.69, 9.17) is 30.0 Å². The number of aromatic nitrogens is 5. The van der Waals surface area contributed by atoms with Crippen LogP contribution >= 0.6 is 11.3 Å². The van der Waals surface area contributed by atoms with Crippen LogP contribution in [-0.4, -0.2) is 72.0 Å². The molecule has 6 rings (SSSR count). The number of furan rings is 1. The molecule has 0 saturated carbocycles. The molecule has 0 bridgehead atoms. The molecule has 1 amide bonds. The molecule has 6 heterocycles. The number of fused-ring (bicyclic) bond motifs is 2. The molecule has 1 aliphatic heterocycles. The molecule has 1 saturated heterocycles. The number of carbonyl (C=O) groups is 3. The average molecular weight is 552 g/mol. The summed E-state index contributed by atoms with van der Waals surface area (Å²) in [7, 11) is 0. The molecule has 0 unspecified atom stereocenters. The normalized spacial score (nSPS) is 13.3. The standard InChI is InChI=1S/C23H21N7O2S.2CH2O2/c1-13(31)29-4-2-15(3-5-29)30-11-14(7-28-30)17-8-25-23(24)22-16(17)6-20(32-22)19-12-33-21-10-27-26-9-18(19)21;2*2-1-3/h6-12,15H,2-5H2,1H3,(H2,24,25);2*1H,(H,2,3). The monoisotopic (exact) mass is 551 g/mol. The van der Waals surface area contributed by atoms with E-state index in [9.17, 15) is 4.79 Å². The Labute approximate surface area is 225 Å². The van der Waals surface area contributed by atoms with Crippen LogP contribution in [0.15, 0.2) is 46.8 Å². The second-order valence-electron chi connectivity index (χ2n) is 8.48. The van der Waals surface area contributed by atoms with Gasteiger partial charge in [0.25, 0.3) is 12.9 Å². The summed E-state index contributed by atoms with van der Waals surface area (Å²) in [6.07, 6.45) is 10.9. The van der Waals surface area contributed by atoms with E-state index in [1.165, 1.54) is 0 Å². The molecule has 0 spiro atoms. The fourth-order valence-electron chi connectivity index (χ4n) is 4.51. The van der Waals surface area contributed by atoms with Gasteiger partial charge in [0.05, 0.1) is 29.3 Å². The molecule has 4 N–H and O–H groups in total. The number of piperidine rings is 1. The van der Waals surface area contributed by atoms with Crippen molar-refractivity contribution in [2.24, 2.45) is 0 Å². The van der Waals surface area contributed by atoms with Gasteiger partial charge in [0.2, 0.25) is 5.91 Å². The minimum absolute atomic E-state index is 0.131. The van der Waals surface area contributed by atoms with Gasteiger partial charge in [-0.2, -0.15) is 15.3 Å². The van der Waals surface area contributed by atoms with Crippen molar-refractivity contribution >= 4 is 57.1 Å². The zero-order valence-corrected chi connectivity index (χ0v) is 21.6. The number of nitrogens with zero attached hydrogens (tertiary/aromatic N) is 6. The molecule has 13 nitrogen and oxygen atoms in total. The summed E-state index contributed by atoms with van der Waals surface area (Å²) >= 11 is 1.60. The summed E-state index contributed by atoms with van der Waals surface area (Å²) in [5.74, 6) is 1.20. The maximum absolute atomic E-state index is 11.6. The van der Waals surface area contributed by atoms with Gasteiger partial charge in [-0.25, -0.2) is 4.98 Å². The second kappa shape index (κ2) is 12.1. The minimum Gasteiger partial charge on any atom is -0.483 e. The van der Waals surface area contributed by atoms with Crippen LogP contribution in [0.1, 0.15) is 25.8 Å². The number of carbonyl (C=O) groups excluding carboxylic acids is 1. The minimum atomic E-state index is -0.250. The SMILES string of the molecule is CC(=O)N1CCC(n2cc(-c3cnc(N)c4oc(-c5csc6cnncc56)cc34)cn2)CC1.O=CO.O=CO. The summed E-state index contributed by atoms with van der Waals surface area (Å²) in [5, 5.41) is 30.3. The lowest BCUT2D eigenvalue weighted by Crippen LogP contribution is -2.37. The van der Waals surface area contributed by atoms with Crippen LogP contribution in [0.3, 0.4) is 0 Å². The smallest absolute Gasteiger partial charge is 0.290 e. The van der Waals surface area contributed by atoms with E-state index in [1.807, 2.05) is 33.4 Å². The quantitative estimate of drug-likeness (QED) is 0.278. The highest BCUT2D eigenvalue weighted by molar-refractivity contribution is 7.17. The van der Waals surface area contributed by atoms with Gasteiger partial charge in [0.15, 0.2) is 11.4 Å². The Hall–Kier alpha value is -4.85. The molecule has 0 aliphatic carbocycles. The highest BCUT2D eigenvalue weighted by Gasteiger charge is 2.23. The number of pyridine rings is 1. The lowest BCUT2D eigenvalue weighted by Gasteiger charge is -2.31. The molecule has 1 aliphatic rings. The van der Waals surface area contributed by atoms with Crippen molar-refractivity contribution < 1.29 is 29.0 Å². The number of nitrogen functional groups attached to an aromatic ring is 1. The van der Waals surface area contributed by atoms with E-state index in [-0.39, 0.29) is 24.9 Å².